The van der Waals surface area contributed by atoms with E-state index in [9.17, 15) is 16.8 Å². The van der Waals surface area contributed by atoms with E-state index in [-0.39, 0.29) is 22.9 Å². The van der Waals surface area contributed by atoms with E-state index in [1.807, 2.05) is 0 Å². The fourth-order valence-electron chi connectivity index (χ4n) is 1.46. The molecule has 1 rings (SSSR count). The summed E-state index contributed by atoms with van der Waals surface area (Å²) in [5.41, 5.74) is 0.466. The first-order valence-corrected chi connectivity index (χ1v) is 9.09. The van der Waals surface area contributed by atoms with Gasteiger partial charge in [-0.3, -0.25) is 0 Å². The van der Waals surface area contributed by atoms with Gasteiger partial charge in [-0.1, -0.05) is 19.1 Å². The lowest BCUT2D eigenvalue weighted by molar-refractivity contribution is 0.581. The molecule has 1 aromatic carbocycles. The Morgan fingerprint density at radius 3 is 2.32 bits per heavy atom. The summed E-state index contributed by atoms with van der Waals surface area (Å²) >= 11 is 0. The molecule has 6 nitrogen and oxygen atoms in total. The minimum Gasteiger partial charge on any atom is -0.387 e. The Bertz CT molecular complexity index is 624. The topological polar surface area (TPSA) is 92.3 Å². The van der Waals surface area contributed by atoms with Crippen LogP contribution in [0.3, 0.4) is 0 Å². The van der Waals surface area contributed by atoms with Crippen LogP contribution in [-0.4, -0.2) is 41.9 Å². The minimum atomic E-state index is -3.71. The first-order chi connectivity index (χ1) is 8.82. The van der Waals surface area contributed by atoms with Gasteiger partial charge in [0.1, 0.15) is 4.90 Å². The zero-order valence-corrected chi connectivity index (χ0v) is 12.5. The first-order valence-electron chi connectivity index (χ1n) is 5.79. The molecule has 19 heavy (non-hydrogen) atoms. The molecule has 108 valence electrons. The molecule has 0 heterocycles. The second-order valence-corrected chi connectivity index (χ2v) is 8.09. The lowest BCUT2D eigenvalue weighted by Crippen LogP contribution is -2.30. The number of hydrogen-bond donors (Lipinski definition) is 2. The highest BCUT2D eigenvalue weighted by Gasteiger charge is 2.18. The van der Waals surface area contributed by atoms with E-state index >= 15 is 0 Å². The largest absolute Gasteiger partial charge is 0.387 e. The molecule has 0 aliphatic carbocycles. The SMILES string of the molecule is CCS(=O)(=O)CCNS(=O)(=O)c1ccccc1NC. The number of sulfone groups is 1. The van der Waals surface area contributed by atoms with Gasteiger partial charge in [-0.2, -0.15) is 0 Å². The maximum atomic E-state index is 12.0. The summed E-state index contributed by atoms with van der Waals surface area (Å²) < 4.78 is 49.0. The summed E-state index contributed by atoms with van der Waals surface area (Å²) in [5, 5.41) is 2.78. The molecule has 1 aromatic rings. The highest BCUT2D eigenvalue weighted by atomic mass is 32.2. The van der Waals surface area contributed by atoms with E-state index in [2.05, 4.69) is 10.0 Å². The highest BCUT2D eigenvalue weighted by Crippen LogP contribution is 2.19. The summed E-state index contributed by atoms with van der Waals surface area (Å²) in [4.78, 5) is 0.103. The van der Waals surface area contributed by atoms with Crippen molar-refractivity contribution < 1.29 is 16.8 Å². The third-order valence-electron chi connectivity index (χ3n) is 2.59. The van der Waals surface area contributed by atoms with Crippen molar-refractivity contribution in [1.82, 2.24) is 4.72 Å². The van der Waals surface area contributed by atoms with Gasteiger partial charge in [0.15, 0.2) is 9.84 Å². The molecule has 0 aliphatic rings. The fourth-order valence-corrected chi connectivity index (χ4v) is 3.54. The third kappa shape index (κ3) is 4.48. The van der Waals surface area contributed by atoms with Gasteiger partial charge in [-0.25, -0.2) is 21.6 Å². The molecule has 0 spiro atoms. The third-order valence-corrected chi connectivity index (χ3v) is 5.82. The average molecular weight is 306 g/mol. The van der Waals surface area contributed by atoms with Crippen LogP contribution in [0.2, 0.25) is 0 Å². The maximum absolute atomic E-state index is 12.0. The van der Waals surface area contributed by atoms with Crippen LogP contribution in [0.1, 0.15) is 6.92 Å². The van der Waals surface area contributed by atoms with Gasteiger partial charge in [0.2, 0.25) is 10.0 Å². The number of nitrogens with one attached hydrogen (secondary N) is 2. The van der Waals surface area contributed by atoms with Crippen molar-refractivity contribution in [2.75, 3.05) is 30.4 Å². The van der Waals surface area contributed by atoms with Crippen molar-refractivity contribution in [2.24, 2.45) is 0 Å². The summed E-state index contributed by atoms with van der Waals surface area (Å²) in [6.07, 6.45) is 0. The van der Waals surface area contributed by atoms with Gasteiger partial charge in [0, 0.05) is 19.3 Å². The summed E-state index contributed by atoms with van der Waals surface area (Å²) in [6, 6.07) is 6.42. The van der Waals surface area contributed by atoms with E-state index in [4.69, 9.17) is 0 Å². The monoisotopic (exact) mass is 306 g/mol. The zero-order valence-electron chi connectivity index (χ0n) is 10.9. The van der Waals surface area contributed by atoms with Crippen LogP contribution in [0.15, 0.2) is 29.2 Å². The molecule has 0 atom stereocenters. The summed E-state index contributed by atoms with van der Waals surface area (Å²) in [7, 11) is -5.27. The van der Waals surface area contributed by atoms with Crippen LogP contribution in [0.4, 0.5) is 5.69 Å². The van der Waals surface area contributed by atoms with E-state index in [0.29, 0.717) is 5.69 Å². The zero-order chi connectivity index (χ0) is 14.5. The van der Waals surface area contributed by atoms with E-state index in [1.54, 1.807) is 25.2 Å². The lowest BCUT2D eigenvalue weighted by atomic mass is 10.3. The molecule has 0 bridgehead atoms. The molecule has 8 heteroatoms. The standard InChI is InChI=1S/C11H18N2O4S2/c1-3-18(14,15)9-8-13-19(16,17)11-7-5-4-6-10(11)12-2/h4-7,12-13H,3,8-9H2,1-2H3. The fraction of sp³-hybridized carbons (Fsp3) is 0.455. The van der Waals surface area contributed by atoms with Crippen molar-refractivity contribution in [3.8, 4) is 0 Å². The number of hydrogen-bond acceptors (Lipinski definition) is 5. The van der Waals surface area contributed by atoms with Gasteiger partial charge >= 0.3 is 0 Å². The number of rotatable bonds is 7. The van der Waals surface area contributed by atoms with Gasteiger partial charge in [-0.15, -0.1) is 0 Å². The molecule has 0 fully saturated rings. The van der Waals surface area contributed by atoms with Gasteiger partial charge in [-0.05, 0) is 12.1 Å². The molecule has 0 amide bonds. The Labute approximate surface area is 114 Å². The van der Waals surface area contributed by atoms with Crippen LogP contribution in [0, 0.1) is 0 Å². The Hall–Kier alpha value is -1.12. The summed E-state index contributed by atoms with van der Waals surface area (Å²) in [6.45, 7) is 1.40. The van der Waals surface area contributed by atoms with Gasteiger partial charge < -0.3 is 5.32 Å². The second kappa shape index (κ2) is 6.36. The Morgan fingerprint density at radius 2 is 1.74 bits per heavy atom. The van der Waals surface area contributed by atoms with Gasteiger partial charge in [0.05, 0.1) is 11.4 Å². The number of benzene rings is 1. The molecular formula is C11H18N2O4S2. The van der Waals surface area contributed by atoms with E-state index < -0.39 is 19.9 Å². The Balaban J connectivity index is 2.82. The number of anilines is 1. The van der Waals surface area contributed by atoms with Crippen LogP contribution in [0.5, 0.6) is 0 Å². The quantitative estimate of drug-likeness (QED) is 0.762. The number of para-hydroxylation sites is 1. The molecule has 0 aliphatic heterocycles. The Morgan fingerprint density at radius 1 is 1.11 bits per heavy atom. The van der Waals surface area contributed by atoms with Crippen LogP contribution in [-0.2, 0) is 19.9 Å². The average Bonchev–Trinajstić information content (AvgIpc) is 2.38. The van der Waals surface area contributed by atoms with Gasteiger partial charge in [0.25, 0.3) is 0 Å². The predicted molar refractivity (Wildman–Crippen MR) is 75.5 cm³/mol. The van der Waals surface area contributed by atoms with Crippen molar-refractivity contribution in [3.63, 3.8) is 0 Å². The smallest absolute Gasteiger partial charge is 0.242 e. The molecule has 0 unspecified atom stereocenters. The molecule has 0 aromatic heterocycles. The first kappa shape index (κ1) is 15.9. The van der Waals surface area contributed by atoms with Crippen LogP contribution < -0.4 is 10.0 Å². The normalized spacial score (nSPS) is 12.3. The molecular weight excluding hydrogens is 288 g/mol. The summed E-state index contributed by atoms with van der Waals surface area (Å²) in [5.74, 6) is -0.202. The second-order valence-electron chi connectivity index (χ2n) is 3.88. The highest BCUT2D eigenvalue weighted by molar-refractivity contribution is 7.91. The molecule has 0 radical (unpaired) electrons. The van der Waals surface area contributed by atoms with Crippen LogP contribution >= 0.6 is 0 Å². The Kier molecular flexibility index (Phi) is 5.33. The maximum Gasteiger partial charge on any atom is 0.242 e. The molecule has 0 saturated heterocycles. The predicted octanol–water partition coefficient (Wildman–Crippen LogP) is 0.441. The lowest BCUT2D eigenvalue weighted by Gasteiger charge is -2.10. The molecule has 0 saturated carbocycles. The molecule has 2 N–H and O–H groups in total. The van der Waals surface area contributed by atoms with Crippen molar-refractivity contribution >= 4 is 25.5 Å². The van der Waals surface area contributed by atoms with E-state index in [1.165, 1.54) is 13.0 Å². The van der Waals surface area contributed by atoms with Crippen molar-refractivity contribution in [3.05, 3.63) is 24.3 Å². The van der Waals surface area contributed by atoms with Crippen molar-refractivity contribution in [1.29, 1.82) is 0 Å². The number of sulfonamides is 1. The van der Waals surface area contributed by atoms with E-state index in [0.717, 1.165) is 0 Å². The van der Waals surface area contributed by atoms with Crippen molar-refractivity contribution in [2.45, 2.75) is 11.8 Å². The van der Waals surface area contributed by atoms with Crippen LogP contribution in [0.25, 0.3) is 0 Å². The minimum absolute atomic E-state index is 0.00182.